The van der Waals surface area contributed by atoms with Gasteiger partial charge in [-0.2, -0.15) is 0 Å². The van der Waals surface area contributed by atoms with Crippen LogP contribution in [0.15, 0.2) is 60.8 Å². The molecule has 0 radical (unpaired) electrons. The molecule has 0 aliphatic carbocycles. The molecule has 26 heavy (non-hydrogen) atoms. The highest BCUT2D eigenvalue weighted by molar-refractivity contribution is 6.25. The zero-order chi connectivity index (χ0) is 18.4. The van der Waals surface area contributed by atoms with Crippen molar-refractivity contribution in [3.8, 4) is 0 Å². The Morgan fingerprint density at radius 1 is 0.923 bits per heavy atom. The number of benzene rings is 3. The lowest BCUT2D eigenvalue weighted by atomic mass is 9.97. The number of aromatic nitrogens is 2. The number of para-hydroxylation sites is 1. The molecule has 0 amide bonds. The molecule has 0 bridgehead atoms. The van der Waals surface area contributed by atoms with Crippen LogP contribution in [0.4, 0.5) is 0 Å². The van der Waals surface area contributed by atoms with Crippen molar-refractivity contribution in [3.05, 3.63) is 71.9 Å². The normalized spacial score (nSPS) is 13.0. The quantitative estimate of drug-likeness (QED) is 0.199. The minimum absolute atomic E-state index is 0.581. The van der Waals surface area contributed by atoms with Crippen molar-refractivity contribution < 1.29 is 5.94 Å². The van der Waals surface area contributed by atoms with E-state index in [0.717, 1.165) is 5.39 Å². The van der Waals surface area contributed by atoms with Gasteiger partial charge in [0.25, 0.3) is 0 Å². The molecular formula is C24H19N2+. The van der Waals surface area contributed by atoms with Crippen LogP contribution in [0, 0.1) is 13.8 Å². The second-order valence-electron chi connectivity index (χ2n) is 7.37. The van der Waals surface area contributed by atoms with E-state index in [9.17, 15) is 0 Å². The van der Waals surface area contributed by atoms with Crippen molar-refractivity contribution >= 4 is 49.0 Å². The zero-order valence-electron chi connectivity index (χ0n) is 16.1. The minimum atomic E-state index is 0.581. The molecular weight excluding hydrogens is 316 g/mol. The number of rotatable bonds is 0. The lowest BCUT2D eigenvalue weighted by Gasteiger charge is -2.13. The van der Waals surface area contributed by atoms with E-state index in [0.29, 0.717) is 6.04 Å². The topological polar surface area (TPSA) is 8.29 Å². The molecule has 0 aliphatic rings. The van der Waals surface area contributed by atoms with Crippen LogP contribution >= 0.6 is 0 Å². The van der Waals surface area contributed by atoms with Crippen molar-refractivity contribution in [2.24, 2.45) is 7.05 Å². The molecule has 0 N–H and O–H groups in total. The molecule has 3 heterocycles. The van der Waals surface area contributed by atoms with Crippen molar-refractivity contribution in [1.82, 2.24) is 4.40 Å². The fourth-order valence-corrected chi connectivity index (χ4v) is 4.71. The standard InChI is InChI=1S/C24H19N2/c1-14-13-18-17-8-4-5-9-19(17)26-20-10-6-7-16-11-12-25(3)24(22(16)20)21(15(14)2)23(18)26/h4-13H,1-3H3/q+1/i7D. The van der Waals surface area contributed by atoms with Crippen LogP contribution < -0.4 is 4.57 Å². The van der Waals surface area contributed by atoms with Crippen molar-refractivity contribution in [2.75, 3.05) is 0 Å². The van der Waals surface area contributed by atoms with Crippen molar-refractivity contribution in [3.63, 3.8) is 0 Å². The summed E-state index contributed by atoms with van der Waals surface area (Å²) < 4.78 is 13.1. The molecule has 0 spiro atoms. The predicted molar refractivity (Wildman–Crippen MR) is 109 cm³/mol. The maximum Gasteiger partial charge on any atom is 0.224 e. The van der Waals surface area contributed by atoms with Gasteiger partial charge in [-0.05, 0) is 48.6 Å². The van der Waals surface area contributed by atoms with Gasteiger partial charge in [0.05, 0.1) is 28.7 Å². The Kier molecular flexibility index (Phi) is 2.29. The molecule has 0 fully saturated rings. The van der Waals surface area contributed by atoms with Gasteiger partial charge in [-0.1, -0.05) is 30.3 Å². The summed E-state index contributed by atoms with van der Waals surface area (Å²) in [5.41, 5.74) is 7.54. The molecule has 0 atom stereocenters. The van der Waals surface area contributed by atoms with Crippen molar-refractivity contribution in [2.45, 2.75) is 13.8 Å². The van der Waals surface area contributed by atoms with Crippen LogP contribution in [-0.2, 0) is 7.05 Å². The summed E-state index contributed by atoms with van der Waals surface area (Å²) >= 11 is 0. The third-order valence-corrected chi connectivity index (χ3v) is 6.02. The molecule has 0 unspecified atom stereocenters. The molecule has 3 aromatic heterocycles. The summed E-state index contributed by atoms with van der Waals surface area (Å²) in [6.07, 6.45) is 2.09. The zero-order valence-corrected chi connectivity index (χ0v) is 15.1. The van der Waals surface area contributed by atoms with Crippen LogP contribution in [0.2, 0.25) is 0 Å². The Labute approximate surface area is 152 Å². The molecule has 0 saturated heterocycles. The highest BCUT2D eigenvalue weighted by Gasteiger charge is 2.23. The lowest BCUT2D eigenvalue weighted by molar-refractivity contribution is -0.643. The monoisotopic (exact) mass is 336 g/mol. The van der Waals surface area contributed by atoms with Crippen molar-refractivity contribution in [1.29, 1.82) is 0 Å². The number of fused-ring (bicyclic) bond motifs is 5. The molecule has 0 aliphatic heterocycles. The van der Waals surface area contributed by atoms with Gasteiger partial charge in [0.15, 0.2) is 6.20 Å². The number of hydrogen-bond donors (Lipinski definition) is 0. The smallest absolute Gasteiger partial charge is 0.224 e. The summed E-state index contributed by atoms with van der Waals surface area (Å²) in [6, 6.07) is 17.7. The molecule has 3 aromatic carbocycles. The van der Waals surface area contributed by atoms with Gasteiger partial charge in [-0.25, -0.2) is 4.57 Å². The fourth-order valence-electron chi connectivity index (χ4n) is 4.71. The Morgan fingerprint density at radius 2 is 1.73 bits per heavy atom. The van der Waals surface area contributed by atoms with Crippen LogP contribution in [0.1, 0.15) is 12.5 Å². The van der Waals surface area contributed by atoms with Gasteiger partial charge in [0.1, 0.15) is 7.05 Å². The van der Waals surface area contributed by atoms with E-state index in [1.807, 2.05) is 6.07 Å². The first kappa shape index (κ1) is 13.1. The Morgan fingerprint density at radius 3 is 2.62 bits per heavy atom. The highest BCUT2D eigenvalue weighted by Crippen LogP contribution is 2.41. The van der Waals surface area contributed by atoms with E-state index in [2.05, 4.69) is 78.5 Å². The molecule has 2 heteroatoms. The summed E-state index contributed by atoms with van der Waals surface area (Å²) in [5.74, 6) is 0. The second kappa shape index (κ2) is 4.53. The first-order valence-corrected chi connectivity index (χ1v) is 9.04. The maximum absolute atomic E-state index is 8.46. The molecule has 124 valence electrons. The van der Waals surface area contributed by atoms with Crippen LogP contribution in [-0.4, -0.2) is 4.40 Å². The molecule has 2 nitrogen and oxygen atoms in total. The van der Waals surface area contributed by atoms with Gasteiger partial charge < -0.3 is 4.40 Å². The number of aryl methyl sites for hydroxylation is 3. The third-order valence-electron chi connectivity index (χ3n) is 6.02. The fraction of sp³-hybridized carbons (Fsp3) is 0.125. The van der Waals surface area contributed by atoms with E-state index in [-0.39, 0.29) is 0 Å². The first-order valence-electron chi connectivity index (χ1n) is 9.54. The van der Waals surface area contributed by atoms with Gasteiger partial charge in [-0.15, -0.1) is 0 Å². The number of hydrogen-bond acceptors (Lipinski definition) is 0. The number of pyridine rings is 2. The Bertz CT molecular complexity index is 1560. The molecule has 6 aromatic rings. The Hall–Kier alpha value is -3.13. The van der Waals surface area contributed by atoms with Gasteiger partial charge >= 0.3 is 0 Å². The highest BCUT2D eigenvalue weighted by atomic mass is 14.9. The first-order chi connectivity index (χ1) is 13.1. The van der Waals surface area contributed by atoms with Gasteiger partial charge in [0, 0.05) is 16.8 Å². The van der Waals surface area contributed by atoms with E-state index in [4.69, 9.17) is 1.37 Å². The van der Waals surface area contributed by atoms with Crippen LogP contribution in [0.5, 0.6) is 0 Å². The summed E-state index contributed by atoms with van der Waals surface area (Å²) in [6.45, 7) is 4.43. The third kappa shape index (κ3) is 1.47. The van der Waals surface area contributed by atoms with Gasteiger partial charge in [-0.3, -0.25) is 0 Å². The maximum atomic E-state index is 8.46. The second-order valence-corrected chi connectivity index (χ2v) is 7.37. The molecule has 0 saturated carbocycles. The summed E-state index contributed by atoms with van der Waals surface area (Å²) in [7, 11) is 2.11. The average Bonchev–Trinajstić information content (AvgIpc) is 2.99. The average molecular weight is 336 g/mol. The van der Waals surface area contributed by atoms with Gasteiger partial charge in [0.2, 0.25) is 5.52 Å². The SMILES string of the molecule is [2H]c1ccc2c3c1cc[n+](C)c3c1c(C)c(C)cc3c4ccccc4n2c31. The summed E-state index contributed by atoms with van der Waals surface area (Å²) in [4.78, 5) is 0. The summed E-state index contributed by atoms with van der Waals surface area (Å²) in [5, 5.41) is 6.08. The number of nitrogens with zero attached hydrogens (tertiary/aromatic N) is 2. The van der Waals surface area contributed by atoms with E-state index in [1.165, 1.54) is 54.7 Å². The van der Waals surface area contributed by atoms with Crippen LogP contribution in [0.3, 0.4) is 0 Å². The van der Waals surface area contributed by atoms with E-state index < -0.39 is 0 Å². The van der Waals surface area contributed by atoms with Crippen LogP contribution in [0.25, 0.3) is 49.0 Å². The largest absolute Gasteiger partial charge is 0.307 e. The lowest BCUT2D eigenvalue weighted by Crippen LogP contribution is -2.29. The van der Waals surface area contributed by atoms with E-state index >= 15 is 0 Å². The predicted octanol–water partition coefficient (Wildman–Crippen LogP) is 5.43. The molecule has 6 rings (SSSR count). The minimum Gasteiger partial charge on any atom is -0.307 e. The Balaban J connectivity index is 2.17. The van der Waals surface area contributed by atoms with E-state index in [1.54, 1.807) is 0 Å².